The third kappa shape index (κ3) is 3.24. The Balaban J connectivity index is 2.25. The van der Waals surface area contributed by atoms with E-state index < -0.39 is 0 Å². The molecule has 1 aromatic heterocycles. The minimum absolute atomic E-state index is 0.113. The molecule has 0 atom stereocenters. The molecule has 1 amide bonds. The summed E-state index contributed by atoms with van der Waals surface area (Å²) in [6.45, 7) is 1.94. The molecular weight excluding hydrogens is 330 g/mol. The number of halogens is 2. The van der Waals surface area contributed by atoms with Crippen molar-refractivity contribution < 1.29 is 4.79 Å². The van der Waals surface area contributed by atoms with Crippen LogP contribution in [0.25, 0.3) is 0 Å². The number of nitrogen functional groups attached to an aromatic ring is 1. The number of carbonyl (C=O) groups is 1. The minimum atomic E-state index is -0.390. The summed E-state index contributed by atoms with van der Waals surface area (Å²) in [6.07, 6.45) is 0. The summed E-state index contributed by atoms with van der Waals surface area (Å²) in [7, 11) is 0. The van der Waals surface area contributed by atoms with Crippen molar-refractivity contribution in [3.63, 3.8) is 0 Å². The van der Waals surface area contributed by atoms with Gasteiger partial charge in [-0.3, -0.25) is 4.79 Å². The minimum Gasteiger partial charge on any atom is -0.384 e. The van der Waals surface area contributed by atoms with Crippen LogP contribution in [0.3, 0.4) is 0 Å². The van der Waals surface area contributed by atoms with Gasteiger partial charge in [0.2, 0.25) is 0 Å². The van der Waals surface area contributed by atoms with Gasteiger partial charge in [-0.1, -0.05) is 27.5 Å². The maximum Gasteiger partial charge on any atom is 0.275 e. The number of benzene rings is 1. The van der Waals surface area contributed by atoms with E-state index in [4.69, 9.17) is 17.3 Å². The number of aryl methyl sites for hydroxylation is 1. The molecule has 19 heavy (non-hydrogen) atoms. The van der Waals surface area contributed by atoms with Crippen LogP contribution in [0, 0.1) is 6.92 Å². The van der Waals surface area contributed by atoms with E-state index in [0.29, 0.717) is 5.69 Å². The first-order valence-electron chi connectivity index (χ1n) is 5.47. The number of nitrogens with two attached hydrogens (primary N) is 1. The summed E-state index contributed by atoms with van der Waals surface area (Å²) in [5.41, 5.74) is 7.35. The highest BCUT2D eigenvalue weighted by Gasteiger charge is 2.13. The van der Waals surface area contributed by atoms with Crippen LogP contribution >= 0.6 is 27.5 Å². The van der Waals surface area contributed by atoms with Gasteiger partial charge in [-0.05, 0) is 42.8 Å². The monoisotopic (exact) mass is 339 g/mol. The summed E-state index contributed by atoms with van der Waals surface area (Å²) in [5, 5.41) is 3.00. The quantitative estimate of drug-likeness (QED) is 0.877. The first-order valence-corrected chi connectivity index (χ1v) is 6.64. The summed E-state index contributed by atoms with van der Waals surface area (Å²) in [4.78, 5) is 16.0. The summed E-state index contributed by atoms with van der Waals surface area (Å²) >= 11 is 9.33. The molecule has 0 bridgehead atoms. The smallest absolute Gasteiger partial charge is 0.275 e. The van der Waals surface area contributed by atoms with Gasteiger partial charge in [-0.25, -0.2) is 4.98 Å². The van der Waals surface area contributed by atoms with E-state index in [1.807, 2.05) is 19.1 Å². The van der Waals surface area contributed by atoms with Crippen LogP contribution in [0.15, 0.2) is 34.8 Å². The lowest BCUT2D eigenvalue weighted by atomic mass is 10.2. The molecule has 2 aromatic rings. The van der Waals surface area contributed by atoms with E-state index in [2.05, 4.69) is 26.2 Å². The molecule has 0 radical (unpaired) electrons. The van der Waals surface area contributed by atoms with E-state index in [-0.39, 0.29) is 22.4 Å². The van der Waals surface area contributed by atoms with Crippen molar-refractivity contribution >= 4 is 44.9 Å². The Morgan fingerprint density at radius 2 is 2.11 bits per heavy atom. The molecule has 6 heteroatoms. The van der Waals surface area contributed by atoms with Crippen LogP contribution < -0.4 is 11.1 Å². The number of anilines is 2. The number of hydrogen-bond donors (Lipinski definition) is 2. The maximum absolute atomic E-state index is 12.1. The lowest BCUT2D eigenvalue weighted by molar-refractivity contribution is 0.102. The Hall–Kier alpha value is -1.59. The van der Waals surface area contributed by atoms with Gasteiger partial charge in [-0.15, -0.1) is 0 Å². The molecule has 0 unspecified atom stereocenters. The Labute approximate surface area is 124 Å². The highest BCUT2D eigenvalue weighted by Crippen LogP contribution is 2.21. The van der Waals surface area contributed by atoms with E-state index in [0.717, 1.165) is 10.0 Å². The number of aromatic nitrogens is 1. The maximum atomic E-state index is 12.1. The molecule has 1 heterocycles. The number of nitrogens with zero attached hydrogens (tertiary/aromatic N) is 1. The van der Waals surface area contributed by atoms with Gasteiger partial charge < -0.3 is 11.1 Å². The highest BCUT2D eigenvalue weighted by molar-refractivity contribution is 9.10. The number of pyridine rings is 1. The molecule has 0 saturated heterocycles. The van der Waals surface area contributed by atoms with E-state index in [9.17, 15) is 4.79 Å². The Morgan fingerprint density at radius 1 is 1.37 bits per heavy atom. The van der Waals surface area contributed by atoms with Crippen LogP contribution in [-0.4, -0.2) is 10.9 Å². The molecule has 0 spiro atoms. The largest absolute Gasteiger partial charge is 0.384 e. The van der Waals surface area contributed by atoms with Crippen molar-refractivity contribution in [2.24, 2.45) is 0 Å². The van der Waals surface area contributed by atoms with Gasteiger partial charge in [0.25, 0.3) is 5.91 Å². The van der Waals surface area contributed by atoms with Crippen molar-refractivity contribution in [3.05, 3.63) is 51.1 Å². The van der Waals surface area contributed by atoms with E-state index in [1.165, 1.54) is 0 Å². The molecular formula is C13H11BrClN3O. The number of amides is 1. The fourth-order valence-electron chi connectivity index (χ4n) is 1.53. The van der Waals surface area contributed by atoms with Crippen LogP contribution in [0.5, 0.6) is 0 Å². The molecule has 0 aliphatic rings. The Morgan fingerprint density at radius 3 is 2.79 bits per heavy atom. The molecule has 1 aromatic carbocycles. The number of hydrogen-bond acceptors (Lipinski definition) is 3. The zero-order valence-electron chi connectivity index (χ0n) is 10.1. The average Bonchev–Trinajstić information content (AvgIpc) is 2.36. The highest BCUT2D eigenvalue weighted by atomic mass is 79.9. The Kier molecular flexibility index (Phi) is 4.07. The van der Waals surface area contributed by atoms with Gasteiger partial charge in [0, 0.05) is 10.2 Å². The third-order valence-corrected chi connectivity index (χ3v) is 3.69. The lowest BCUT2D eigenvalue weighted by Gasteiger charge is -2.08. The van der Waals surface area contributed by atoms with Crippen molar-refractivity contribution in [2.75, 3.05) is 11.1 Å². The second-order valence-corrected chi connectivity index (χ2v) is 5.25. The molecule has 4 nitrogen and oxygen atoms in total. The normalized spacial score (nSPS) is 10.3. The molecule has 0 aliphatic carbocycles. The number of carbonyl (C=O) groups excluding carboxylic acids is 1. The van der Waals surface area contributed by atoms with Gasteiger partial charge in [-0.2, -0.15) is 0 Å². The summed E-state index contributed by atoms with van der Waals surface area (Å²) in [6, 6.07) is 8.59. The Bertz CT molecular complexity index is 646. The fraction of sp³-hybridized carbons (Fsp3) is 0.0769. The molecule has 3 N–H and O–H groups in total. The standard InChI is InChI=1S/C13H11BrClN3O/c1-7-6-8(2-3-9(7)14)17-13(19)12-10(15)4-5-11(16)18-12/h2-6H,1H3,(H2,16,18)(H,17,19). The third-order valence-electron chi connectivity index (χ3n) is 2.50. The predicted octanol–water partition coefficient (Wildman–Crippen LogP) is 3.64. The van der Waals surface area contributed by atoms with Crippen molar-refractivity contribution in [2.45, 2.75) is 6.92 Å². The zero-order chi connectivity index (χ0) is 14.0. The second kappa shape index (κ2) is 5.59. The molecule has 2 rings (SSSR count). The van der Waals surface area contributed by atoms with Crippen molar-refractivity contribution in [1.82, 2.24) is 4.98 Å². The van der Waals surface area contributed by atoms with Crippen LogP contribution in [0.2, 0.25) is 5.02 Å². The van der Waals surface area contributed by atoms with Crippen LogP contribution in [0.1, 0.15) is 16.1 Å². The SMILES string of the molecule is Cc1cc(NC(=O)c2nc(N)ccc2Cl)ccc1Br. The molecule has 0 saturated carbocycles. The molecule has 0 aliphatic heterocycles. The van der Waals surface area contributed by atoms with Gasteiger partial charge in [0.1, 0.15) is 11.5 Å². The fourth-order valence-corrected chi connectivity index (χ4v) is 1.97. The lowest BCUT2D eigenvalue weighted by Crippen LogP contribution is -2.15. The van der Waals surface area contributed by atoms with Gasteiger partial charge in [0.15, 0.2) is 0 Å². The van der Waals surface area contributed by atoms with Crippen LogP contribution in [0.4, 0.5) is 11.5 Å². The first-order chi connectivity index (χ1) is 8.97. The topological polar surface area (TPSA) is 68.0 Å². The zero-order valence-corrected chi connectivity index (χ0v) is 12.4. The van der Waals surface area contributed by atoms with Crippen molar-refractivity contribution in [3.8, 4) is 0 Å². The van der Waals surface area contributed by atoms with Crippen molar-refractivity contribution in [1.29, 1.82) is 0 Å². The van der Waals surface area contributed by atoms with Crippen LogP contribution in [-0.2, 0) is 0 Å². The molecule has 0 fully saturated rings. The number of rotatable bonds is 2. The van der Waals surface area contributed by atoms with E-state index in [1.54, 1.807) is 18.2 Å². The average molecular weight is 341 g/mol. The summed E-state index contributed by atoms with van der Waals surface area (Å²) < 4.78 is 0.977. The van der Waals surface area contributed by atoms with Gasteiger partial charge in [0.05, 0.1) is 5.02 Å². The number of nitrogens with one attached hydrogen (secondary N) is 1. The van der Waals surface area contributed by atoms with Gasteiger partial charge >= 0.3 is 0 Å². The molecule has 98 valence electrons. The summed E-state index contributed by atoms with van der Waals surface area (Å²) in [5.74, 6) is -0.138. The van der Waals surface area contributed by atoms with E-state index >= 15 is 0 Å². The first kappa shape index (κ1) is 13.8. The second-order valence-electron chi connectivity index (χ2n) is 3.98. The predicted molar refractivity (Wildman–Crippen MR) is 80.5 cm³/mol.